The fourth-order valence-electron chi connectivity index (χ4n) is 4.46. The van der Waals surface area contributed by atoms with Gasteiger partial charge in [0.25, 0.3) is 0 Å². The number of phenols is 1. The number of allylic oxidation sites excluding steroid dienone is 1. The van der Waals surface area contributed by atoms with Gasteiger partial charge in [-0.3, -0.25) is 0 Å². The molecule has 0 radical (unpaired) electrons. The summed E-state index contributed by atoms with van der Waals surface area (Å²) in [5, 5.41) is 10.7. The van der Waals surface area contributed by atoms with E-state index in [0.717, 1.165) is 37.0 Å². The lowest BCUT2D eigenvalue weighted by molar-refractivity contribution is -0.000851. The molecule has 2 heteroatoms. The summed E-state index contributed by atoms with van der Waals surface area (Å²) in [6.07, 6.45) is 7.79. The SMILES string of the molecule is C=C1CCC2[C@@H](C1)c1c(O)cc(CCCCC)cc1OC2(C)C. The fraction of sp³-hybridized carbons (Fsp3) is 0.619. The molecular weight excluding hydrogens is 284 g/mol. The van der Waals surface area contributed by atoms with E-state index < -0.39 is 0 Å². The van der Waals surface area contributed by atoms with E-state index in [-0.39, 0.29) is 5.60 Å². The minimum absolute atomic E-state index is 0.174. The van der Waals surface area contributed by atoms with Gasteiger partial charge in [0.1, 0.15) is 17.1 Å². The summed E-state index contributed by atoms with van der Waals surface area (Å²) >= 11 is 0. The quantitative estimate of drug-likeness (QED) is 0.567. The van der Waals surface area contributed by atoms with E-state index in [1.165, 1.54) is 30.4 Å². The average molecular weight is 314 g/mol. The molecule has 1 aromatic carbocycles. The molecule has 1 aliphatic heterocycles. The number of ether oxygens (including phenoxy) is 1. The van der Waals surface area contributed by atoms with E-state index in [0.29, 0.717) is 17.6 Å². The highest BCUT2D eigenvalue weighted by Crippen LogP contribution is 2.55. The Morgan fingerprint density at radius 1 is 1.30 bits per heavy atom. The molecule has 0 saturated heterocycles. The molecule has 2 atom stereocenters. The van der Waals surface area contributed by atoms with Crippen molar-refractivity contribution in [3.05, 3.63) is 35.4 Å². The highest BCUT2D eigenvalue weighted by Gasteiger charge is 2.46. The molecule has 1 fully saturated rings. The van der Waals surface area contributed by atoms with Crippen LogP contribution in [0.4, 0.5) is 0 Å². The van der Waals surface area contributed by atoms with Crippen molar-refractivity contribution in [3.8, 4) is 11.5 Å². The monoisotopic (exact) mass is 314 g/mol. The number of aryl methyl sites for hydroxylation is 1. The molecular formula is C21H30O2. The van der Waals surface area contributed by atoms with Crippen LogP contribution in [0.25, 0.3) is 0 Å². The molecule has 2 nitrogen and oxygen atoms in total. The van der Waals surface area contributed by atoms with Crippen molar-refractivity contribution in [2.24, 2.45) is 5.92 Å². The van der Waals surface area contributed by atoms with Crippen LogP contribution in [0.1, 0.15) is 76.3 Å². The minimum Gasteiger partial charge on any atom is -0.508 e. The van der Waals surface area contributed by atoms with Crippen molar-refractivity contribution in [1.82, 2.24) is 0 Å². The van der Waals surface area contributed by atoms with Crippen LogP contribution in [0.5, 0.6) is 11.5 Å². The van der Waals surface area contributed by atoms with Crippen molar-refractivity contribution in [2.45, 2.75) is 77.2 Å². The first-order valence-electron chi connectivity index (χ1n) is 9.14. The molecule has 1 aromatic rings. The number of benzene rings is 1. The molecule has 126 valence electrons. The number of phenolic OH excluding ortho intramolecular Hbond substituents is 1. The maximum Gasteiger partial charge on any atom is 0.127 e. The van der Waals surface area contributed by atoms with Crippen molar-refractivity contribution >= 4 is 0 Å². The van der Waals surface area contributed by atoms with Gasteiger partial charge in [0, 0.05) is 17.4 Å². The third kappa shape index (κ3) is 3.13. The van der Waals surface area contributed by atoms with Crippen LogP contribution in [0, 0.1) is 5.92 Å². The molecule has 1 heterocycles. The van der Waals surface area contributed by atoms with Crippen LogP contribution in [0.15, 0.2) is 24.3 Å². The summed E-state index contributed by atoms with van der Waals surface area (Å²) in [4.78, 5) is 0. The molecule has 1 unspecified atom stereocenters. The minimum atomic E-state index is -0.174. The molecule has 1 saturated carbocycles. The summed E-state index contributed by atoms with van der Waals surface area (Å²) < 4.78 is 6.36. The fourth-order valence-corrected chi connectivity index (χ4v) is 4.46. The smallest absolute Gasteiger partial charge is 0.127 e. The van der Waals surface area contributed by atoms with Gasteiger partial charge in [-0.25, -0.2) is 0 Å². The molecule has 0 spiro atoms. The van der Waals surface area contributed by atoms with Gasteiger partial charge < -0.3 is 9.84 Å². The number of rotatable bonds is 4. The molecule has 0 amide bonds. The van der Waals surface area contributed by atoms with Gasteiger partial charge in [-0.1, -0.05) is 31.9 Å². The lowest BCUT2D eigenvalue weighted by Crippen LogP contribution is -2.46. The third-order valence-electron chi connectivity index (χ3n) is 5.69. The summed E-state index contributed by atoms with van der Waals surface area (Å²) in [6.45, 7) is 10.8. The van der Waals surface area contributed by atoms with E-state index >= 15 is 0 Å². The number of unbranched alkanes of at least 4 members (excludes halogenated alkanes) is 2. The van der Waals surface area contributed by atoms with Gasteiger partial charge in [-0.05, 0) is 63.6 Å². The van der Waals surface area contributed by atoms with Gasteiger partial charge in [-0.2, -0.15) is 0 Å². The molecule has 0 bridgehead atoms. The Kier molecular flexibility index (Phi) is 4.44. The first-order valence-corrected chi connectivity index (χ1v) is 9.14. The molecule has 1 N–H and O–H groups in total. The highest BCUT2D eigenvalue weighted by molar-refractivity contribution is 5.52. The van der Waals surface area contributed by atoms with E-state index in [4.69, 9.17) is 4.74 Å². The van der Waals surface area contributed by atoms with E-state index in [1.54, 1.807) is 0 Å². The Labute approximate surface area is 140 Å². The van der Waals surface area contributed by atoms with Gasteiger partial charge in [0.2, 0.25) is 0 Å². The lowest BCUT2D eigenvalue weighted by atomic mass is 9.65. The zero-order chi connectivity index (χ0) is 16.6. The summed E-state index contributed by atoms with van der Waals surface area (Å²) in [5.41, 5.74) is 3.35. The zero-order valence-corrected chi connectivity index (χ0v) is 14.8. The average Bonchev–Trinajstić information content (AvgIpc) is 2.46. The molecule has 23 heavy (non-hydrogen) atoms. The number of aromatic hydroxyl groups is 1. The van der Waals surface area contributed by atoms with Gasteiger partial charge in [0.15, 0.2) is 0 Å². The predicted molar refractivity (Wildman–Crippen MR) is 95.3 cm³/mol. The second kappa shape index (κ2) is 6.22. The topological polar surface area (TPSA) is 29.5 Å². The van der Waals surface area contributed by atoms with E-state index in [9.17, 15) is 5.11 Å². The Balaban J connectivity index is 1.96. The third-order valence-corrected chi connectivity index (χ3v) is 5.69. The number of fused-ring (bicyclic) bond motifs is 3. The number of hydrogen-bond acceptors (Lipinski definition) is 2. The van der Waals surface area contributed by atoms with Crippen LogP contribution in [-0.4, -0.2) is 10.7 Å². The van der Waals surface area contributed by atoms with Crippen LogP contribution >= 0.6 is 0 Å². The maximum absolute atomic E-state index is 10.7. The highest BCUT2D eigenvalue weighted by atomic mass is 16.5. The lowest BCUT2D eigenvalue weighted by Gasteiger charge is -2.48. The first-order chi connectivity index (χ1) is 10.9. The van der Waals surface area contributed by atoms with Crippen LogP contribution in [-0.2, 0) is 6.42 Å². The Bertz CT molecular complexity index is 600. The maximum atomic E-state index is 10.7. The normalized spacial score (nSPS) is 25.4. The molecule has 2 aliphatic rings. The van der Waals surface area contributed by atoms with Gasteiger partial charge >= 0.3 is 0 Å². The molecule has 0 aromatic heterocycles. The second-order valence-electron chi connectivity index (χ2n) is 7.90. The Morgan fingerprint density at radius 2 is 2.09 bits per heavy atom. The van der Waals surface area contributed by atoms with Crippen molar-refractivity contribution < 1.29 is 9.84 Å². The van der Waals surface area contributed by atoms with Crippen LogP contribution in [0.3, 0.4) is 0 Å². The van der Waals surface area contributed by atoms with Crippen molar-refractivity contribution in [1.29, 1.82) is 0 Å². The van der Waals surface area contributed by atoms with E-state index in [1.807, 2.05) is 6.07 Å². The van der Waals surface area contributed by atoms with Crippen molar-refractivity contribution in [2.75, 3.05) is 0 Å². The summed E-state index contributed by atoms with van der Waals surface area (Å²) in [7, 11) is 0. The van der Waals surface area contributed by atoms with E-state index in [2.05, 4.69) is 33.4 Å². The second-order valence-corrected chi connectivity index (χ2v) is 7.90. The summed E-state index contributed by atoms with van der Waals surface area (Å²) in [6, 6.07) is 4.13. The number of hydrogen-bond donors (Lipinski definition) is 1. The van der Waals surface area contributed by atoms with Crippen LogP contribution in [0.2, 0.25) is 0 Å². The molecule has 3 rings (SSSR count). The first kappa shape index (κ1) is 16.4. The Morgan fingerprint density at radius 3 is 2.83 bits per heavy atom. The zero-order valence-electron chi connectivity index (χ0n) is 14.8. The van der Waals surface area contributed by atoms with Crippen molar-refractivity contribution in [3.63, 3.8) is 0 Å². The van der Waals surface area contributed by atoms with Gasteiger partial charge in [-0.15, -0.1) is 0 Å². The Hall–Kier alpha value is -1.44. The standard InChI is InChI=1S/C21H30O2/c1-5-6-7-8-15-12-18(22)20-16-11-14(2)9-10-17(16)21(3,4)23-19(20)13-15/h12-13,16-17,22H,2,5-11H2,1,3-4H3/t16-,17?/m1/s1. The van der Waals surface area contributed by atoms with Crippen LogP contribution < -0.4 is 4.74 Å². The largest absolute Gasteiger partial charge is 0.508 e. The molecule has 1 aliphatic carbocycles. The summed E-state index contributed by atoms with van der Waals surface area (Å²) in [5.74, 6) is 2.13. The van der Waals surface area contributed by atoms with Gasteiger partial charge in [0.05, 0.1) is 0 Å². The predicted octanol–water partition coefficient (Wildman–Crippen LogP) is 5.74.